The van der Waals surface area contributed by atoms with Crippen LogP contribution in [0.25, 0.3) is 0 Å². The molecule has 1 saturated heterocycles. The van der Waals surface area contributed by atoms with Crippen LogP contribution in [0.15, 0.2) is 9.64 Å². The maximum absolute atomic E-state index is 12.5. The Morgan fingerprint density at radius 3 is 2.41 bits per heavy atom. The molecule has 0 spiro atoms. The zero-order valence-corrected chi connectivity index (χ0v) is 16.9. The molecule has 4 aliphatic carbocycles. The Hall–Kier alpha value is -1.09. The zero-order valence-electron chi connectivity index (χ0n) is 15.2. The summed E-state index contributed by atoms with van der Waals surface area (Å²) in [5.41, 5.74) is 0.0185. The third kappa shape index (κ3) is 3.64. The van der Waals surface area contributed by atoms with E-state index in [1.54, 1.807) is 0 Å². The highest BCUT2D eigenvalue weighted by atomic mass is 32.2. The van der Waals surface area contributed by atoms with Gasteiger partial charge in [-0.05, 0) is 62.7 Å². The number of sulfone groups is 1. The maximum atomic E-state index is 12.5. The summed E-state index contributed by atoms with van der Waals surface area (Å²) >= 11 is 1.23. The van der Waals surface area contributed by atoms with E-state index in [0.717, 1.165) is 37.0 Å². The first-order valence-corrected chi connectivity index (χ1v) is 12.7. The maximum Gasteiger partial charge on any atom is 0.277 e. The standard InChI is InChI=1S/C18H25N3O4S2/c22-15(19-18-6-11-3-12(7-18)5-13(4-11)8-18)9-26-17-21-20-16(25-17)14-1-2-27(23,24)10-14/h11-14H,1-10H2,(H,19,22). The van der Waals surface area contributed by atoms with Crippen molar-refractivity contribution < 1.29 is 17.6 Å². The summed E-state index contributed by atoms with van der Waals surface area (Å²) in [6, 6.07) is 0. The van der Waals surface area contributed by atoms with Crippen molar-refractivity contribution in [3.8, 4) is 0 Å². The molecule has 0 aromatic carbocycles. The van der Waals surface area contributed by atoms with Gasteiger partial charge in [0.25, 0.3) is 5.22 Å². The van der Waals surface area contributed by atoms with E-state index in [-0.39, 0.29) is 34.6 Å². The van der Waals surface area contributed by atoms with E-state index >= 15 is 0 Å². The molecule has 27 heavy (non-hydrogen) atoms. The van der Waals surface area contributed by atoms with Gasteiger partial charge in [0.15, 0.2) is 9.84 Å². The molecule has 4 bridgehead atoms. The van der Waals surface area contributed by atoms with Crippen molar-refractivity contribution in [2.24, 2.45) is 17.8 Å². The number of hydrogen-bond acceptors (Lipinski definition) is 7. The van der Waals surface area contributed by atoms with Gasteiger partial charge in [0.05, 0.1) is 23.2 Å². The fourth-order valence-electron chi connectivity index (χ4n) is 6.16. The molecule has 1 atom stereocenters. The third-order valence-corrected chi connectivity index (χ3v) is 9.36. The van der Waals surface area contributed by atoms with E-state index in [4.69, 9.17) is 4.42 Å². The number of carbonyl (C=O) groups excluding carboxylic acids is 1. The average molecular weight is 412 g/mol. The van der Waals surface area contributed by atoms with E-state index in [2.05, 4.69) is 15.5 Å². The topological polar surface area (TPSA) is 102 Å². The number of thioether (sulfide) groups is 1. The quantitative estimate of drug-likeness (QED) is 0.741. The second kappa shape index (κ2) is 6.47. The van der Waals surface area contributed by atoms with Gasteiger partial charge in [0, 0.05) is 5.54 Å². The summed E-state index contributed by atoms with van der Waals surface area (Å²) in [7, 11) is -2.99. The highest BCUT2D eigenvalue weighted by Gasteiger charge is 2.51. The molecule has 1 aromatic rings. The molecule has 1 aliphatic heterocycles. The van der Waals surface area contributed by atoms with Crippen LogP contribution in [0.1, 0.15) is 56.8 Å². The lowest BCUT2D eigenvalue weighted by Crippen LogP contribution is -2.60. The molecule has 0 radical (unpaired) electrons. The second-order valence-corrected chi connectivity index (χ2v) is 12.2. The van der Waals surface area contributed by atoms with Gasteiger partial charge in [-0.25, -0.2) is 8.42 Å². The highest BCUT2D eigenvalue weighted by Crippen LogP contribution is 2.55. The Morgan fingerprint density at radius 2 is 1.81 bits per heavy atom. The fraction of sp³-hybridized carbons (Fsp3) is 0.833. The molecule has 9 heteroatoms. The lowest BCUT2D eigenvalue weighted by atomic mass is 9.53. The molecule has 6 rings (SSSR count). The van der Waals surface area contributed by atoms with Crippen molar-refractivity contribution >= 4 is 27.5 Å². The summed E-state index contributed by atoms with van der Waals surface area (Å²) in [5.74, 6) is 3.10. The minimum atomic E-state index is -2.99. The van der Waals surface area contributed by atoms with Gasteiger partial charge in [0.2, 0.25) is 11.8 Å². The van der Waals surface area contributed by atoms with E-state index in [0.29, 0.717) is 17.5 Å². The average Bonchev–Trinajstić information content (AvgIpc) is 3.17. The van der Waals surface area contributed by atoms with Gasteiger partial charge in [-0.2, -0.15) is 0 Å². The predicted molar refractivity (Wildman–Crippen MR) is 100 cm³/mol. The molecule has 5 aliphatic rings. The molecule has 1 aromatic heterocycles. The molecule has 2 heterocycles. The summed E-state index contributed by atoms with van der Waals surface area (Å²) in [6.45, 7) is 0. The monoisotopic (exact) mass is 411 g/mol. The van der Waals surface area contributed by atoms with E-state index in [1.165, 1.54) is 31.0 Å². The molecule has 7 nitrogen and oxygen atoms in total. The van der Waals surface area contributed by atoms with E-state index in [1.807, 2.05) is 0 Å². The molecule has 1 amide bonds. The number of hydrogen-bond donors (Lipinski definition) is 1. The van der Waals surface area contributed by atoms with Crippen LogP contribution in [0, 0.1) is 17.8 Å². The Morgan fingerprint density at radius 1 is 1.15 bits per heavy atom. The summed E-state index contributed by atoms with van der Waals surface area (Å²) in [6.07, 6.45) is 7.99. The molecule has 148 valence electrons. The Kier molecular flexibility index (Phi) is 4.31. The number of carbonyl (C=O) groups is 1. The van der Waals surface area contributed by atoms with Gasteiger partial charge in [0.1, 0.15) is 0 Å². The molecule has 4 saturated carbocycles. The van der Waals surface area contributed by atoms with Crippen molar-refractivity contribution in [1.82, 2.24) is 15.5 Å². The first-order chi connectivity index (χ1) is 12.9. The van der Waals surface area contributed by atoms with Crippen molar-refractivity contribution in [2.75, 3.05) is 17.3 Å². The SMILES string of the molecule is O=C(CSc1nnc(C2CCS(=O)(=O)C2)o1)NC12CC3CC(CC(C3)C1)C2. The Labute approximate surface area is 163 Å². The van der Waals surface area contributed by atoms with Gasteiger partial charge in [-0.15, -0.1) is 10.2 Å². The van der Waals surface area contributed by atoms with E-state index in [9.17, 15) is 13.2 Å². The van der Waals surface area contributed by atoms with Crippen LogP contribution in [-0.2, 0) is 14.6 Å². The lowest BCUT2D eigenvalue weighted by molar-refractivity contribution is -0.124. The van der Waals surface area contributed by atoms with Gasteiger partial charge in [-0.3, -0.25) is 4.79 Å². The smallest absolute Gasteiger partial charge is 0.277 e. The van der Waals surface area contributed by atoms with Crippen molar-refractivity contribution in [3.05, 3.63) is 5.89 Å². The van der Waals surface area contributed by atoms with Crippen molar-refractivity contribution in [1.29, 1.82) is 0 Å². The normalized spacial score (nSPS) is 39.0. The number of aromatic nitrogens is 2. The zero-order chi connectivity index (χ0) is 18.6. The largest absolute Gasteiger partial charge is 0.416 e. The van der Waals surface area contributed by atoms with Crippen LogP contribution in [-0.4, -0.2) is 47.3 Å². The van der Waals surface area contributed by atoms with Crippen LogP contribution in [0.3, 0.4) is 0 Å². The highest BCUT2D eigenvalue weighted by molar-refractivity contribution is 7.99. The summed E-state index contributed by atoms with van der Waals surface area (Å²) in [4.78, 5) is 12.5. The molecule has 1 N–H and O–H groups in total. The summed E-state index contributed by atoms with van der Waals surface area (Å²) < 4.78 is 28.8. The van der Waals surface area contributed by atoms with Crippen LogP contribution < -0.4 is 5.32 Å². The van der Waals surface area contributed by atoms with Crippen molar-refractivity contribution in [3.63, 3.8) is 0 Å². The predicted octanol–water partition coefficient (Wildman–Crippen LogP) is 2.15. The van der Waals surface area contributed by atoms with Crippen LogP contribution in [0.4, 0.5) is 0 Å². The first kappa shape index (κ1) is 18.0. The third-order valence-electron chi connectivity index (χ3n) is 6.77. The van der Waals surface area contributed by atoms with Gasteiger partial charge < -0.3 is 9.73 Å². The number of rotatable bonds is 5. The van der Waals surface area contributed by atoms with E-state index < -0.39 is 9.84 Å². The molecule has 1 unspecified atom stereocenters. The molecular weight excluding hydrogens is 386 g/mol. The second-order valence-electron chi connectivity index (χ2n) is 9.04. The summed E-state index contributed by atoms with van der Waals surface area (Å²) in [5, 5.41) is 11.6. The number of nitrogens with one attached hydrogen (secondary N) is 1. The fourth-order valence-corrected chi connectivity index (χ4v) is 8.46. The Balaban J connectivity index is 1.16. The molecule has 5 fully saturated rings. The van der Waals surface area contributed by atoms with Gasteiger partial charge in [-0.1, -0.05) is 11.8 Å². The van der Waals surface area contributed by atoms with Crippen LogP contribution in [0.5, 0.6) is 0 Å². The number of nitrogens with zero attached hydrogens (tertiary/aromatic N) is 2. The Bertz CT molecular complexity index is 815. The minimum Gasteiger partial charge on any atom is -0.416 e. The van der Waals surface area contributed by atoms with Crippen molar-refractivity contribution in [2.45, 2.75) is 61.6 Å². The number of amides is 1. The van der Waals surface area contributed by atoms with Crippen LogP contribution >= 0.6 is 11.8 Å². The van der Waals surface area contributed by atoms with Crippen LogP contribution in [0.2, 0.25) is 0 Å². The minimum absolute atomic E-state index is 0.0185. The lowest BCUT2D eigenvalue weighted by Gasteiger charge is -2.56. The molecular formula is C18H25N3O4S2. The van der Waals surface area contributed by atoms with Gasteiger partial charge >= 0.3 is 0 Å². The first-order valence-electron chi connectivity index (χ1n) is 9.86.